The van der Waals surface area contributed by atoms with E-state index in [2.05, 4.69) is 37.3 Å². The van der Waals surface area contributed by atoms with Gasteiger partial charge in [0.25, 0.3) is 0 Å². The van der Waals surface area contributed by atoms with E-state index < -0.39 is 0 Å². The largest absolute Gasteiger partial charge is 0.378 e. The molecule has 0 unspecified atom stereocenters. The number of rotatable bonds is 5. The van der Waals surface area contributed by atoms with E-state index in [0.717, 1.165) is 16.8 Å². The zero-order chi connectivity index (χ0) is 13.9. The Morgan fingerprint density at radius 2 is 1.89 bits per heavy atom. The number of carbonyl (C=O) groups is 1. The Bertz CT molecular complexity index is 425. The van der Waals surface area contributed by atoms with Gasteiger partial charge >= 0.3 is 0 Å². The summed E-state index contributed by atoms with van der Waals surface area (Å²) in [5.74, 6) is 1.30. The third-order valence-corrected chi connectivity index (χ3v) is 3.73. The normalized spacial score (nSPS) is 11.1. The van der Waals surface area contributed by atoms with E-state index in [1.165, 1.54) is 0 Å². The number of nitrogens with zero attached hydrogens (tertiary/aromatic N) is 1. The van der Waals surface area contributed by atoms with Crippen LogP contribution < -0.4 is 4.90 Å². The van der Waals surface area contributed by atoms with Crippen molar-refractivity contribution < 1.29 is 4.79 Å². The number of hydrogen-bond donors (Lipinski definition) is 0. The number of benzene rings is 1. The lowest BCUT2D eigenvalue weighted by Gasteiger charge is -2.18. The van der Waals surface area contributed by atoms with Crippen molar-refractivity contribution in [1.29, 1.82) is 0 Å². The number of anilines is 1. The monoisotopic (exact) mass is 266 g/mol. The highest BCUT2D eigenvalue weighted by Gasteiger charge is 2.19. The molecule has 1 rings (SSSR count). The molecule has 3 heteroatoms. The lowest BCUT2D eigenvalue weighted by atomic mass is 9.94. The number of Topliss-reactive ketones (excluding diaryl/α,β-unsaturated/α-hetero) is 1. The molecule has 0 saturated carbocycles. The van der Waals surface area contributed by atoms with Gasteiger partial charge in [-0.05, 0) is 40.6 Å². The Labute approximate surface area is 114 Å². The second-order valence-corrected chi connectivity index (χ2v) is 7.63. The highest BCUT2D eigenvalue weighted by atomic mass is 32.2. The van der Waals surface area contributed by atoms with Gasteiger partial charge in [-0.3, -0.25) is 4.79 Å². The second kappa shape index (κ2) is 6.28. The lowest BCUT2D eigenvalue weighted by molar-refractivity contribution is 0.102. The Hall–Kier alpha value is -0.960. The SMILES string of the molecule is CC(C)c1cc(N(C)C)ccc1C(=O)C[S+](C)C. The lowest BCUT2D eigenvalue weighted by Crippen LogP contribution is -2.17. The van der Waals surface area contributed by atoms with Crippen LogP contribution in [-0.2, 0) is 10.9 Å². The molecule has 0 saturated heterocycles. The third-order valence-electron chi connectivity index (χ3n) is 2.89. The molecule has 1 aromatic rings. The van der Waals surface area contributed by atoms with Crippen LogP contribution in [0.25, 0.3) is 0 Å². The van der Waals surface area contributed by atoms with Crippen molar-refractivity contribution in [3.05, 3.63) is 29.3 Å². The van der Waals surface area contributed by atoms with E-state index in [1.807, 2.05) is 26.2 Å². The minimum absolute atomic E-state index is 0.158. The molecule has 100 valence electrons. The molecular formula is C15H24NOS+. The third kappa shape index (κ3) is 3.77. The Morgan fingerprint density at radius 1 is 1.28 bits per heavy atom. The topological polar surface area (TPSA) is 20.3 Å². The fourth-order valence-electron chi connectivity index (χ4n) is 1.90. The van der Waals surface area contributed by atoms with E-state index in [4.69, 9.17) is 0 Å². The standard InChI is InChI=1S/C15H24NOS/c1-11(2)14-9-12(16(3)4)7-8-13(14)15(17)10-18(5)6/h7-9,11H,10H2,1-6H3/q+1. The molecule has 0 aliphatic rings. The van der Waals surface area contributed by atoms with Gasteiger partial charge in [0.15, 0.2) is 5.75 Å². The smallest absolute Gasteiger partial charge is 0.212 e. The minimum atomic E-state index is 0.158. The molecule has 0 heterocycles. The van der Waals surface area contributed by atoms with Crippen LogP contribution in [0.1, 0.15) is 35.7 Å². The van der Waals surface area contributed by atoms with Gasteiger partial charge in [-0.2, -0.15) is 0 Å². The summed E-state index contributed by atoms with van der Waals surface area (Å²) in [5.41, 5.74) is 3.22. The van der Waals surface area contributed by atoms with E-state index in [1.54, 1.807) is 0 Å². The van der Waals surface area contributed by atoms with Crippen LogP contribution in [-0.4, -0.2) is 38.1 Å². The van der Waals surface area contributed by atoms with Gasteiger partial charge in [-0.15, -0.1) is 0 Å². The van der Waals surface area contributed by atoms with Crippen molar-refractivity contribution in [2.75, 3.05) is 37.3 Å². The predicted molar refractivity (Wildman–Crippen MR) is 83.3 cm³/mol. The van der Waals surface area contributed by atoms with Crippen LogP contribution in [0.15, 0.2) is 18.2 Å². The molecule has 0 amide bonds. The van der Waals surface area contributed by atoms with E-state index in [9.17, 15) is 4.79 Å². The molecule has 0 aliphatic carbocycles. The highest BCUT2D eigenvalue weighted by molar-refractivity contribution is 7.96. The molecular weight excluding hydrogens is 242 g/mol. The van der Waals surface area contributed by atoms with Gasteiger partial charge in [0.1, 0.15) is 0 Å². The van der Waals surface area contributed by atoms with Crippen LogP contribution in [0.2, 0.25) is 0 Å². The molecule has 0 fully saturated rings. The average Bonchev–Trinajstić information content (AvgIpc) is 2.26. The van der Waals surface area contributed by atoms with Gasteiger partial charge in [-0.1, -0.05) is 13.8 Å². The van der Waals surface area contributed by atoms with E-state index >= 15 is 0 Å². The first-order valence-corrected chi connectivity index (χ1v) is 8.42. The van der Waals surface area contributed by atoms with E-state index in [-0.39, 0.29) is 16.7 Å². The van der Waals surface area contributed by atoms with Crippen LogP contribution >= 0.6 is 0 Å². The van der Waals surface area contributed by atoms with Crippen molar-refractivity contribution in [1.82, 2.24) is 0 Å². The molecule has 0 radical (unpaired) electrons. The number of ketones is 1. The number of hydrogen-bond acceptors (Lipinski definition) is 2. The second-order valence-electron chi connectivity index (χ2n) is 5.37. The zero-order valence-corrected chi connectivity index (χ0v) is 13.1. The summed E-state index contributed by atoms with van der Waals surface area (Å²) in [6.07, 6.45) is 4.22. The Morgan fingerprint density at radius 3 is 2.33 bits per heavy atom. The summed E-state index contributed by atoms with van der Waals surface area (Å²) < 4.78 is 0. The highest BCUT2D eigenvalue weighted by Crippen LogP contribution is 2.25. The van der Waals surface area contributed by atoms with Crippen LogP contribution in [0.4, 0.5) is 5.69 Å². The van der Waals surface area contributed by atoms with E-state index in [0.29, 0.717) is 11.7 Å². The molecule has 0 aromatic heterocycles. The van der Waals surface area contributed by atoms with Crippen LogP contribution in [0, 0.1) is 0 Å². The maximum absolute atomic E-state index is 12.3. The first kappa shape index (κ1) is 15.1. The van der Waals surface area contributed by atoms with Gasteiger partial charge in [-0.25, -0.2) is 0 Å². The predicted octanol–water partition coefficient (Wildman–Crippen LogP) is 2.94. The molecule has 0 N–H and O–H groups in total. The molecule has 0 bridgehead atoms. The molecule has 0 aliphatic heterocycles. The molecule has 0 spiro atoms. The van der Waals surface area contributed by atoms with Gasteiger partial charge < -0.3 is 4.90 Å². The Kier molecular flexibility index (Phi) is 5.27. The maximum atomic E-state index is 12.3. The first-order valence-electron chi connectivity index (χ1n) is 6.21. The summed E-state index contributed by atoms with van der Waals surface area (Å²) >= 11 is 0. The fourth-order valence-corrected chi connectivity index (χ4v) is 2.58. The quantitative estimate of drug-likeness (QED) is 0.603. The van der Waals surface area contributed by atoms with Gasteiger partial charge in [0.05, 0.1) is 12.5 Å². The average molecular weight is 266 g/mol. The van der Waals surface area contributed by atoms with Gasteiger partial charge in [0.2, 0.25) is 5.78 Å². The van der Waals surface area contributed by atoms with Crippen molar-refractivity contribution in [3.63, 3.8) is 0 Å². The molecule has 1 aromatic carbocycles. The van der Waals surface area contributed by atoms with Crippen molar-refractivity contribution in [2.24, 2.45) is 0 Å². The van der Waals surface area contributed by atoms with Crippen LogP contribution in [0.5, 0.6) is 0 Å². The summed E-state index contributed by atoms with van der Waals surface area (Å²) in [4.78, 5) is 14.3. The maximum Gasteiger partial charge on any atom is 0.212 e. The zero-order valence-electron chi connectivity index (χ0n) is 12.3. The van der Waals surface area contributed by atoms with Crippen molar-refractivity contribution >= 4 is 22.4 Å². The molecule has 2 nitrogen and oxygen atoms in total. The summed E-state index contributed by atoms with van der Waals surface area (Å²) in [6, 6.07) is 6.16. The van der Waals surface area contributed by atoms with Gasteiger partial charge in [0, 0.05) is 25.3 Å². The van der Waals surface area contributed by atoms with Crippen LogP contribution in [0.3, 0.4) is 0 Å². The van der Waals surface area contributed by atoms with Crippen molar-refractivity contribution in [2.45, 2.75) is 19.8 Å². The number of carbonyl (C=O) groups excluding carboxylic acids is 1. The summed E-state index contributed by atoms with van der Waals surface area (Å²) in [6.45, 7) is 4.28. The Balaban J connectivity index is 3.15. The van der Waals surface area contributed by atoms with Crippen molar-refractivity contribution in [3.8, 4) is 0 Å². The first-order chi connectivity index (χ1) is 8.32. The minimum Gasteiger partial charge on any atom is -0.378 e. The fraction of sp³-hybridized carbons (Fsp3) is 0.533. The summed E-state index contributed by atoms with van der Waals surface area (Å²) in [5, 5.41) is 0. The molecule has 0 atom stereocenters. The summed E-state index contributed by atoms with van der Waals surface area (Å²) in [7, 11) is 4.21. The molecule has 18 heavy (non-hydrogen) atoms.